The van der Waals surface area contributed by atoms with E-state index >= 15 is 0 Å². The highest BCUT2D eigenvalue weighted by Gasteiger charge is 2.11. The van der Waals surface area contributed by atoms with Gasteiger partial charge >= 0.3 is 0 Å². The van der Waals surface area contributed by atoms with Crippen molar-refractivity contribution in [1.82, 2.24) is 25.0 Å². The molecule has 2 aromatic heterocycles. The van der Waals surface area contributed by atoms with E-state index in [1.165, 1.54) is 23.3 Å². The second kappa shape index (κ2) is 5.52. The van der Waals surface area contributed by atoms with Crippen LogP contribution >= 0.6 is 11.6 Å². The Morgan fingerprint density at radius 1 is 1.50 bits per heavy atom. The van der Waals surface area contributed by atoms with Crippen molar-refractivity contribution in [3.63, 3.8) is 0 Å². The van der Waals surface area contributed by atoms with Crippen LogP contribution in [0.3, 0.4) is 0 Å². The first-order chi connectivity index (χ1) is 8.69. The van der Waals surface area contributed by atoms with E-state index < -0.39 is 5.91 Å². The number of hydrogen-bond donors (Lipinski definition) is 2. The van der Waals surface area contributed by atoms with E-state index in [9.17, 15) is 4.79 Å². The third-order valence-electron chi connectivity index (χ3n) is 2.00. The Balaban J connectivity index is 2.07. The summed E-state index contributed by atoms with van der Waals surface area (Å²) in [4.78, 5) is 19.3. The van der Waals surface area contributed by atoms with Crippen molar-refractivity contribution < 1.29 is 4.79 Å². The number of nitrogens with one attached hydrogen (secondary N) is 1. The molecule has 18 heavy (non-hydrogen) atoms. The molecule has 2 aromatic rings. The lowest BCUT2D eigenvalue weighted by molar-refractivity contribution is 0.102. The number of carbonyl (C=O) groups is 1. The molecule has 0 aromatic carbocycles. The number of hydrogen-bond acceptors (Lipinski definition) is 6. The minimum atomic E-state index is -0.423. The van der Waals surface area contributed by atoms with Crippen LogP contribution in [0.15, 0.2) is 18.6 Å². The first-order valence-electron chi connectivity index (χ1n) is 5.08. The predicted octanol–water partition coefficient (Wildman–Crippen LogP) is -0.0675. The number of halogens is 1. The zero-order chi connectivity index (χ0) is 13.0. The Kier molecular flexibility index (Phi) is 3.80. The van der Waals surface area contributed by atoms with Crippen LogP contribution in [-0.4, -0.2) is 37.4 Å². The van der Waals surface area contributed by atoms with Gasteiger partial charge < -0.3 is 11.1 Å². The second-order valence-electron chi connectivity index (χ2n) is 3.34. The van der Waals surface area contributed by atoms with Gasteiger partial charge in [-0.05, 0) is 0 Å². The lowest BCUT2D eigenvalue weighted by Crippen LogP contribution is -2.13. The van der Waals surface area contributed by atoms with Gasteiger partial charge in [-0.25, -0.2) is 9.97 Å². The minimum Gasteiger partial charge on any atom is -0.329 e. The minimum absolute atomic E-state index is 0.179. The Hall–Kier alpha value is -2.06. The van der Waals surface area contributed by atoms with Gasteiger partial charge in [0.05, 0.1) is 12.7 Å². The van der Waals surface area contributed by atoms with Gasteiger partial charge in [0.15, 0.2) is 5.69 Å². The van der Waals surface area contributed by atoms with Crippen molar-refractivity contribution >= 4 is 23.3 Å². The molecular weight excluding hydrogens is 258 g/mol. The summed E-state index contributed by atoms with van der Waals surface area (Å²) in [6.07, 6.45) is 2.76. The van der Waals surface area contributed by atoms with Gasteiger partial charge in [0, 0.05) is 12.6 Å². The van der Waals surface area contributed by atoms with Gasteiger partial charge in [-0.1, -0.05) is 16.8 Å². The zero-order valence-electron chi connectivity index (χ0n) is 9.25. The molecule has 0 fully saturated rings. The largest absolute Gasteiger partial charge is 0.329 e. The predicted molar refractivity (Wildman–Crippen MR) is 64.1 cm³/mol. The number of nitrogens with zero attached hydrogens (tertiary/aromatic N) is 5. The Morgan fingerprint density at radius 3 is 3.06 bits per heavy atom. The molecule has 0 spiro atoms. The van der Waals surface area contributed by atoms with Crippen LogP contribution in [0.1, 0.15) is 10.5 Å². The molecule has 94 valence electrons. The molecule has 2 rings (SSSR count). The van der Waals surface area contributed by atoms with E-state index in [1.54, 1.807) is 0 Å². The molecule has 0 bridgehead atoms. The number of amides is 1. The lowest BCUT2D eigenvalue weighted by Gasteiger charge is -2.00. The van der Waals surface area contributed by atoms with Crippen LogP contribution in [0.25, 0.3) is 0 Å². The molecule has 0 aliphatic rings. The van der Waals surface area contributed by atoms with Crippen LogP contribution in [0.2, 0.25) is 5.15 Å². The van der Waals surface area contributed by atoms with Gasteiger partial charge in [-0.2, -0.15) is 0 Å². The molecule has 3 N–H and O–H groups in total. The number of rotatable bonds is 4. The fourth-order valence-corrected chi connectivity index (χ4v) is 1.37. The van der Waals surface area contributed by atoms with Crippen LogP contribution in [0.4, 0.5) is 5.82 Å². The first kappa shape index (κ1) is 12.4. The molecule has 0 atom stereocenters. The highest BCUT2D eigenvalue weighted by atomic mass is 35.5. The standard InChI is InChI=1S/C9H10ClN7O/c10-7-3-8(13-5-12-7)14-9(18)6-4-17(2-1-11)16-15-6/h3-5H,1-2,11H2,(H,12,13,14,18). The fraction of sp³-hybridized carbons (Fsp3) is 0.222. The molecular formula is C9H10ClN7O. The molecule has 9 heteroatoms. The van der Waals surface area contributed by atoms with E-state index in [1.807, 2.05) is 0 Å². The Labute approximate surface area is 107 Å². The van der Waals surface area contributed by atoms with E-state index in [0.717, 1.165) is 0 Å². The smallest absolute Gasteiger partial charge is 0.278 e. The number of carbonyl (C=O) groups excluding carboxylic acids is 1. The van der Waals surface area contributed by atoms with Crippen LogP contribution < -0.4 is 11.1 Å². The molecule has 2 heterocycles. The fourth-order valence-electron chi connectivity index (χ4n) is 1.23. The van der Waals surface area contributed by atoms with E-state index in [0.29, 0.717) is 18.9 Å². The summed E-state index contributed by atoms with van der Waals surface area (Å²) >= 11 is 5.67. The molecule has 0 saturated heterocycles. The summed E-state index contributed by atoms with van der Waals surface area (Å²) < 4.78 is 1.49. The van der Waals surface area contributed by atoms with Crippen molar-refractivity contribution in [2.24, 2.45) is 5.73 Å². The summed E-state index contributed by atoms with van der Waals surface area (Å²) in [5.74, 6) is -0.124. The third kappa shape index (κ3) is 2.99. The van der Waals surface area contributed by atoms with Crippen molar-refractivity contribution in [2.75, 3.05) is 11.9 Å². The summed E-state index contributed by atoms with van der Waals surface area (Å²) in [6.45, 7) is 0.922. The summed E-state index contributed by atoms with van der Waals surface area (Å²) in [5.41, 5.74) is 5.54. The number of aromatic nitrogens is 5. The van der Waals surface area contributed by atoms with Crippen molar-refractivity contribution in [3.05, 3.63) is 29.4 Å². The van der Waals surface area contributed by atoms with Crippen molar-refractivity contribution in [2.45, 2.75) is 6.54 Å². The van der Waals surface area contributed by atoms with Gasteiger partial charge in [-0.3, -0.25) is 9.48 Å². The molecule has 0 aliphatic heterocycles. The molecule has 1 amide bonds. The second-order valence-corrected chi connectivity index (χ2v) is 3.72. The highest BCUT2D eigenvalue weighted by Crippen LogP contribution is 2.09. The first-order valence-corrected chi connectivity index (χ1v) is 5.46. The molecule has 0 unspecified atom stereocenters. The maximum Gasteiger partial charge on any atom is 0.278 e. The van der Waals surface area contributed by atoms with Gasteiger partial charge in [0.2, 0.25) is 0 Å². The highest BCUT2D eigenvalue weighted by molar-refractivity contribution is 6.29. The maximum atomic E-state index is 11.8. The van der Waals surface area contributed by atoms with Crippen LogP contribution in [0, 0.1) is 0 Å². The van der Waals surface area contributed by atoms with Crippen molar-refractivity contribution in [1.29, 1.82) is 0 Å². The zero-order valence-corrected chi connectivity index (χ0v) is 10.0. The number of nitrogens with two attached hydrogens (primary N) is 1. The Morgan fingerprint density at radius 2 is 2.33 bits per heavy atom. The Bertz CT molecular complexity index is 555. The molecule has 0 saturated carbocycles. The van der Waals surface area contributed by atoms with Crippen LogP contribution in [0.5, 0.6) is 0 Å². The van der Waals surface area contributed by atoms with Crippen molar-refractivity contribution in [3.8, 4) is 0 Å². The van der Waals surface area contributed by atoms with Crippen LogP contribution in [-0.2, 0) is 6.54 Å². The monoisotopic (exact) mass is 267 g/mol. The summed E-state index contributed by atoms with van der Waals surface area (Å²) in [7, 11) is 0. The average Bonchev–Trinajstić information content (AvgIpc) is 2.78. The third-order valence-corrected chi connectivity index (χ3v) is 2.21. The lowest BCUT2D eigenvalue weighted by atomic mass is 10.4. The quantitative estimate of drug-likeness (QED) is 0.750. The molecule has 8 nitrogen and oxygen atoms in total. The normalized spacial score (nSPS) is 10.3. The molecule has 0 radical (unpaired) electrons. The average molecular weight is 268 g/mol. The van der Waals surface area contributed by atoms with E-state index in [2.05, 4.69) is 25.6 Å². The topological polar surface area (TPSA) is 112 Å². The van der Waals surface area contributed by atoms with Gasteiger partial charge in [-0.15, -0.1) is 5.10 Å². The SMILES string of the molecule is NCCn1cc(C(=O)Nc2cc(Cl)ncn2)nn1. The van der Waals surface area contributed by atoms with E-state index in [-0.39, 0.29) is 10.8 Å². The number of anilines is 1. The summed E-state index contributed by atoms with van der Waals surface area (Å²) in [5, 5.41) is 10.3. The van der Waals surface area contributed by atoms with E-state index in [4.69, 9.17) is 17.3 Å². The van der Waals surface area contributed by atoms with Gasteiger partial charge in [0.1, 0.15) is 17.3 Å². The molecule has 0 aliphatic carbocycles. The maximum absolute atomic E-state index is 11.8. The van der Waals surface area contributed by atoms with Gasteiger partial charge in [0.25, 0.3) is 5.91 Å². The summed E-state index contributed by atoms with van der Waals surface area (Å²) in [6, 6.07) is 1.43.